The Balaban J connectivity index is 0. The minimum Gasteiger partial charge on any atom is -0.379 e. The van der Waals surface area contributed by atoms with Gasteiger partial charge in [-0.05, 0) is 31.7 Å². The maximum absolute atomic E-state index is 12.1. The second-order valence-electron chi connectivity index (χ2n) is 8.36. The van der Waals surface area contributed by atoms with E-state index in [4.69, 9.17) is 4.74 Å². The van der Waals surface area contributed by atoms with Crippen molar-refractivity contribution in [3.05, 3.63) is 49.7 Å². The van der Waals surface area contributed by atoms with Gasteiger partial charge in [0.1, 0.15) is 0 Å². The predicted molar refractivity (Wildman–Crippen MR) is 121 cm³/mol. The van der Waals surface area contributed by atoms with Crippen LogP contribution in [0.5, 0.6) is 0 Å². The Kier molecular flexibility index (Phi) is 18.8. The standard InChI is InChI=1S/C22H36NO2.C3H7.Cr/c1-6-20(18(2)23-21(24)22(3,4)5)25-17-13-8-7-10-14-19-15-11-9-12-16-19;1-3-2;/h9,11-12,15-16,18,20H,1,6-8,10,13-14,17H2,2-5H3,(H,23,24);1,3H2,2H3;/q2*-1;+2. The summed E-state index contributed by atoms with van der Waals surface area (Å²) in [4.78, 5) is 12.1. The van der Waals surface area contributed by atoms with E-state index in [2.05, 4.69) is 49.5 Å². The van der Waals surface area contributed by atoms with Gasteiger partial charge in [0, 0.05) is 18.1 Å². The van der Waals surface area contributed by atoms with Crippen molar-refractivity contribution in [2.24, 2.45) is 5.41 Å². The van der Waals surface area contributed by atoms with Crippen LogP contribution in [-0.2, 0) is 33.3 Å². The molecule has 0 aliphatic carbocycles. The van der Waals surface area contributed by atoms with Crippen LogP contribution in [0.1, 0.15) is 78.7 Å². The molecule has 2 atom stereocenters. The topological polar surface area (TPSA) is 38.3 Å². The Morgan fingerprint density at radius 2 is 1.62 bits per heavy atom. The minimum absolute atomic E-state index is 0. The molecule has 0 aliphatic rings. The molecular formula is C25H43CrNO2. The molecule has 0 fully saturated rings. The summed E-state index contributed by atoms with van der Waals surface area (Å²) in [6, 6.07) is 10.6. The number of rotatable bonds is 11. The van der Waals surface area contributed by atoms with Crippen molar-refractivity contribution in [1.82, 2.24) is 5.32 Å². The van der Waals surface area contributed by atoms with Gasteiger partial charge in [-0.2, -0.15) is 12.8 Å². The van der Waals surface area contributed by atoms with E-state index in [1.165, 1.54) is 24.8 Å². The maximum atomic E-state index is 12.1. The third-order valence-corrected chi connectivity index (χ3v) is 4.42. The number of ether oxygens (including phenoxy) is 1. The molecule has 0 aliphatic heterocycles. The molecule has 0 bridgehead atoms. The normalized spacial score (nSPS) is 12.8. The van der Waals surface area contributed by atoms with E-state index in [0.717, 1.165) is 25.9 Å². The van der Waals surface area contributed by atoms with Crippen LogP contribution in [-0.4, -0.2) is 24.7 Å². The van der Waals surface area contributed by atoms with Gasteiger partial charge in [0.05, 0.1) is 6.10 Å². The predicted octanol–water partition coefficient (Wildman–Crippen LogP) is 6.18. The van der Waals surface area contributed by atoms with Crippen molar-refractivity contribution in [2.75, 3.05) is 6.61 Å². The van der Waals surface area contributed by atoms with Crippen LogP contribution >= 0.6 is 0 Å². The van der Waals surface area contributed by atoms with Gasteiger partial charge >= 0.3 is 17.4 Å². The van der Waals surface area contributed by atoms with E-state index in [-0.39, 0.29) is 40.8 Å². The summed E-state index contributed by atoms with van der Waals surface area (Å²) < 4.78 is 5.95. The summed E-state index contributed by atoms with van der Waals surface area (Å²) >= 11 is 0. The fraction of sp³-hybridized carbons (Fsp3) is 0.640. The molecule has 0 spiro atoms. The monoisotopic (exact) mass is 441 g/mol. The molecule has 0 radical (unpaired) electrons. The van der Waals surface area contributed by atoms with Crippen LogP contribution in [0, 0.1) is 19.3 Å². The van der Waals surface area contributed by atoms with E-state index in [0.29, 0.717) is 6.42 Å². The number of hydrogen-bond acceptors (Lipinski definition) is 2. The van der Waals surface area contributed by atoms with Crippen LogP contribution < -0.4 is 5.32 Å². The number of amides is 1. The van der Waals surface area contributed by atoms with Crippen molar-refractivity contribution >= 4 is 5.91 Å². The molecule has 0 saturated carbocycles. The SMILES string of the molecule is [CH2-]CC.[CH2-]CC(OCCCCCCc1ccccc1)C(C)NC(=O)C(C)(C)C.[Cr+2]. The van der Waals surface area contributed by atoms with Gasteiger partial charge < -0.3 is 23.9 Å². The maximum Gasteiger partial charge on any atom is 2.00 e. The quantitative estimate of drug-likeness (QED) is 0.329. The summed E-state index contributed by atoms with van der Waals surface area (Å²) in [7, 11) is 0. The first-order valence-corrected chi connectivity index (χ1v) is 10.8. The molecule has 2 unspecified atom stereocenters. The van der Waals surface area contributed by atoms with Gasteiger partial charge in [-0.1, -0.05) is 70.9 Å². The zero-order valence-corrected chi connectivity index (χ0v) is 20.6. The van der Waals surface area contributed by atoms with E-state index < -0.39 is 0 Å². The first-order valence-electron chi connectivity index (χ1n) is 10.8. The molecule has 4 heteroatoms. The smallest absolute Gasteiger partial charge is 0.379 e. The average Bonchev–Trinajstić information content (AvgIpc) is 2.64. The number of carbonyl (C=O) groups is 1. The van der Waals surface area contributed by atoms with Gasteiger partial charge in [-0.25, -0.2) is 0 Å². The summed E-state index contributed by atoms with van der Waals surface area (Å²) in [6.45, 7) is 18.0. The molecule has 166 valence electrons. The molecule has 0 saturated heterocycles. The summed E-state index contributed by atoms with van der Waals surface area (Å²) in [6.07, 6.45) is 7.49. The molecule has 3 nitrogen and oxygen atoms in total. The van der Waals surface area contributed by atoms with Gasteiger partial charge in [-0.15, -0.1) is 0 Å². The second kappa shape index (κ2) is 18.0. The number of nitrogens with one attached hydrogen (secondary N) is 1. The van der Waals surface area contributed by atoms with Crippen LogP contribution in [0.3, 0.4) is 0 Å². The Labute approximate surface area is 191 Å². The molecular weight excluding hydrogens is 398 g/mol. The molecule has 1 aromatic carbocycles. The number of benzene rings is 1. The van der Waals surface area contributed by atoms with Crippen molar-refractivity contribution < 1.29 is 26.9 Å². The minimum atomic E-state index is -0.376. The summed E-state index contributed by atoms with van der Waals surface area (Å²) in [5.74, 6) is 0.0583. The Morgan fingerprint density at radius 3 is 2.14 bits per heavy atom. The summed E-state index contributed by atoms with van der Waals surface area (Å²) in [5.41, 5.74) is 1.04. The Bertz CT molecular complexity index is 499. The van der Waals surface area contributed by atoms with Crippen molar-refractivity contribution in [3.63, 3.8) is 0 Å². The Morgan fingerprint density at radius 1 is 1.07 bits per heavy atom. The third kappa shape index (κ3) is 15.7. The van der Waals surface area contributed by atoms with Crippen LogP contribution in [0.15, 0.2) is 30.3 Å². The Hall–Kier alpha value is -0.818. The second-order valence-corrected chi connectivity index (χ2v) is 8.36. The van der Waals surface area contributed by atoms with E-state index in [9.17, 15) is 4.79 Å². The molecule has 0 heterocycles. The number of carbonyl (C=O) groups excluding carboxylic acids is 1. The summed E-state index contributed by atoms with van der Waals surface area (Å²) in [5, 5.41) is 3.05. The van der Waals surface area contributed by atoms with Crippen LogP contribution in [0.25, 0.3) is 0 Å². The molecule has 1 rings (SSSR count). The zero-order chi connectivity index (χ0) is 21.4. The van der Waals surface area contributed by atoms with Gasteiger partial charge in [0.2, 0.25) is 5.91 Å². The van der Waals surface area contributed by atoms with E-state index >= 15 is 0 Å². The number of hydrogen-bond donors (Lipinski definition) is 1. The largest absolute Gasteiger partial charge is 2.00 e. The molecule has 1 amide bonds. The van der Waals surface area contributed by atoms with Crippen molar-refractivity contribution in [1.29, 1.82) is 0 Å². The molecule has 29 heavy (non-hydrogen) atoms. The molecule has 1 aromatic rings. The van der Waals surface area contributed by atoms with E-state index in [1.807, 2.05) is 34.6 Å². The average molecular weight is 442 g/mol. The van der Waals surface area contributed by atoms with Crippen LogP contribution in [0.4, 0.5) is 0 Å². The van der Waals surface area contributed by atoms with E-state index in [1.54, 1.807) is 0 Å². The first-order chi connectivity index (χ1) is 13.3. The van der Waals surface area contributed by atoms with Crippen molar-refractivity contribution in [3.8, 4) is 0 Å². The first kappa shape index (κ1) is 30.4. The fourth-order valence-corrected chi connectivity index (χ4v) is 2.66. The number of unbranched alkanes of at least 4 members (excludes halogenated alkanes) is 3. The fourth-order valence-electron chi connectivity index (χ4n) is 2.66. The third-order valence-electron chi connectivity index (χ3n) is 4.42. The van der Waals surface area contributed by atoms with Crippen LogP contribution in [0.2, 0.25) is 0 Å². The van der Waals surface area contributed by atoms with Gasteiger partial charge in [0.25, 0.3) is 0 Å². The molecule has 0 aromatic heterocycles. The van der Waals surface area contributed by atoms with Gasteiger partial charge in [0.15, 0.2) is 0 Å². The number of aryl methyl sites for hydroxylation is 1. The molecule has 1 N–H and O–H groups in total. The van der Waals surface area contributed by atoms with Crippen molar-refractivity contribution in [2.45, 2.75) is 91.7 Å². The zero-order valence-electron chi connectivity index (χ0n) is 19.3. The van der Waals surface area contributed by atoms with Gasteiger partial charge in [-0.3, -0.25) is 4.79 Å².